The van der Waals surface area contributed by atoms with Gasteiger partial charge in [-0.15, -0.1) is 0 Å². The maximum absolute atomic E-state index is 5.67. The third kappa shape index (κ3) is 4.30. The first-order valence-electron chi connectivity index (χ1n) is 10.6. The summed E-state index contributed by atoms with van der Waals surface area (Å²) in [7, 11) is 0. The molecular weight excluding hydrogens is 390 g/mol. The van der Waals surface area contributed by atoms with Gasteiger partial charge in [0.1, 0.15) is 25.4 Å². The lowest BCUT2D eigenvalue weighted by molar-refractivity contribution is 0.171. The Labute approximate surface area is 182 Å². The van der Waals surface area contributed by atoms with Crippen LogP contribution in [0.2, 0.25) is 0 Å². The molecule has 0 saturated heterocycles. The van der Waals surface area contributed by atoms with Crippen LogP contribution in [0.3, 0.4) is 0 Å². The van der Waals surface area contributed by atoms with Crippen molar-refractivity contribution in [2.75, 3.05) is 18.5 Å². The van der Waals surface area contributed by atoms with Gasteiger partial charge in [-0.25, -0.2) is 14.6 Å². The highest BCUT2D eigenvalue weighted by Gasteiger charge is 2.14. The average Bonchev–Trinajstić information content (AvgIpc) is 3.23. The van der Waals surface area contributed by atoms with Crippen LogP contribution in [0, 0.1) is 13.8 Å². The Morgan fingerprint density at radius 1 is 0.935 bits per heavy atom. The number of ether oxygens (including phenoxy) is 2. The molecule has 2 aromatic carbocycles. The molecule has 0 saturated carbocycles. The third-order valence-corrected chi connectivity index (χ3v) is 4.88. The molecule has 0 atom stereocenters. The van der Waals surface area contributed by atoms with Crippen LogP contribution in [0.25, 0.3) is 16.7 Å². The lowest BCUT2D eigenvalue weighted by Gasteiger charge is -2.19. The maximum atomic E-state index is 5.67. The van der Waals surface area contributed by atoms with Gasteiger partial charge < -0.3 is 14.8 Å². The lowest BCUT2D eigenvalue weighted by atomic mass is 10.1. The molecule has 0 bridgehead atoms. The van der Waals surface area contributed by atoms with E-state index in [1.807, 2.05) is 36.7 Å². The fourth-order valence-corrected chi connectivity index (χ4v) is 3.63. The van der Waals surface area contributed by atoms with E-state index in [2.05, 4.69) is 52.4 Å². The number of hydrogen-bond donors (Lipinski definition) is 1. The molecule has 0 spiro atoms. The van der Waals surface area contributed by atoms with E-state index >= 15 is 0 Å². The highest BCUT2D eigenvalue weighted by Crippen LogP contribution is 2.31. The zero-order chi connectivity index (χ0) is 21.8. The second-order valence-corrected chi connectivity index (χ2v) is 7.19. The average molecular weight is 418 g/mol. The monoisotopic (exact) mass is 417 g/mol. The van der Waals surface area contributed by atoms with E-state index in [0.29, 0.717) is 19.8 Å². The molecule has 7 nitrogen and oxygen atoms in total. The summed E-state index contributed by atoms with van der Waals surface area (Å²) >= 11 is 0. The van der Waals surface area contributed by atoms with E-state index in [4.69, 9.17) is 9.47 Å². The van der Waals surface area contributed by atoms with Gasteiger partial charge in [0.05, 0.1) is 17.3 Å². The van der Waals surface area contributed by atoms with Crippen LogP contribution in [0.1, 0.15) is 30.5 Å². The zero-order valence-corrected chi connectivity index (χ0v) is 18.3. The van der Waals surface area contributed by atoms with Crippen molar-refractivity contribution in [3.63, 3.8) is 0 Å². The quantitative estimate of drug-likeness (QED) is 0.512. The molecule has 3 heterocycles. The number of fused-ring (bicyclic) bond motifs is 2. The van der Waals surface area contributed by atoms with Crippen molar-refractivity contribution in [3.05, 3.63) is 65.6 Å². The smallest absolute Gasteiger partial charge is 0.168 e. The predicted octanol–water partition coefficient (Wildman–Crippen LogP) is 4.84. The van der Waals surface area contributed by atoms with Crippen LogP contribution < -0.4 is 14.8 Å². The molecule has 1 aliphatic heterocycles. The summed E-state index contributed by atoms with van der Waals surface area (Å²) in [5.74, 6) is 2.32. The summed E-state index contributed by atoms with van der Waals surface area (Å²) in [6, 6.07) is 12.3. The molecule has 2 aromatic heterocycles. The molecular formula is C24H27N5O2. The fourth-order valence-electron chi connectivity index (χ4n) is 3.63. The van der Waals surface area contributed by atoms with Gasteiger partial charge in [0.2, 0.25) is 0 Å². The Hall–Kier alpha value is -3.61. The van der Waals surface area contributed by atoms with Crippen molar-refractivity contribution in [3.8, 4) is 17.2 Å². The minimum absolute atomic E-state index is 0.577. The molecule has 31 heavy (non-hydrogen) atoms. The van der Waals surface area contributed by atoms with Crippen LogP contribution in [0.5, 0.6) is 11.5 Å². The molecule has 0 unspecified atom stereocenters. The fraction of sp³-hybridized carbons (Fsp3) is 0.292. The Bertz CT molecular complexity index is 1180. The molecule has 1 N–H and O–H groups in total. The molecule has 4 aromatic rings. The lowest BCUT2D eigenvalue weighted by Crippen LogP contribution is -2.15. The van der Waals surface area contributed by atoms with Crippen molar-refractivity contribution in [1.29, 1.82) is 0 Å². The van der Waals surface area contributed by atoms with Gasteiger partial charge in [-0.3, -0.25) is 0 Å². The number of nitrogens with zero attached hydrogens (tertiary/aromatic N) is 4. The first kappa shape index (κ1) is 20.7. The van der Waals surface area contributed by atoms with Crippen molar-refractivity contribution >= 4 is 16.9 Å². The molecule has 0 amide bonds. The largest absolute Gasteiger partial charge is 0.486 e. The number of nitrogens with one attached hydrogen (secondary N) is 1. The number of rotatable bonds is 4. The maximum Gasteiger partial charge on any atom is 0.168 e. The molecule has 0 fully saturated rings. The summed E-state index contributed by atoms with van der Waals surface area (Å²) in [6.45, 7) is 9.94. The van der Waals surface area contributed by atoms with Crippen molar-refractivity contribution in [1.82, 2.24) is 19.7 Å². The summed E-state index contributed by atoms with van der Waals surface area (Å²) in [5, 5.41) is 8.84. The van der Waals surface area contributed by atoms with E-state index in [1.165, 1.54) is 11.1 Å². The first-order chi connectivity index (χ1) is 15.2. The summed E-state index contributed by atoms with van der Waals surface area (Å²) in [5.41, 5.74) is 5.23. The van der Waals surface area contributed by atoms with Crippen LogP contribution in [-0.2, 0) is 6.54 Å². The van der Waals surface area contributed by atoms with E-state index in [9.17, 15) is 0 Å². The SMILES string of the molecule is CC.Cc1cc(C)cc(-n2ncc3c(NCc4ccc5c(c4)OCCO5)ncnc32)c1. The highest BCUT2D eigenvalue weighted by atomic mass is 16.6. The summed E-state index contributed by atoms with van der Waals surface area (Å²) in [6.07, 6.45) is 3.37. The normalized spacial score (nSPS) is 12.3. The number of hydrogen-bond acceptors (Lipinski definition) is 6. The highest BCUT2D eigenvalue weighted by molar-refractivity contribution is 5.87. The first-order valence-corrected chi connectivity index (χ1v) is 10.6. The molecule has 160 valence electrons. The van der Waals surface area contributed by atoms with Crippen LogP contribution in [0.15, 0.2) is 48.9 Å². The van der Waals surface area contributed by atoms with E-state index < -0.39 is 0 Å². The van der Waals surface area contributed by atoms with E-state index in [1.54, 1.807) is 12.5 Å². The number of aromatic nitrogens is 4. The van der Waals surface area contributed by atoms with Gasteiger partial charge >= 0.3 is 0 Å². The standard InChI is InChI=1S/C22H21N5O2.C2H6/c1-14-7-15(2)9-17(8-14)27-22-18(12-26-27)21(24-13-25-22)23-11-16-3-4-19-20(10-16)29-6-5-28-19;1-2/h3-4,7-10,12-13H,5-6,11H2,1-2H3,(H,23,24,25);1-2H3. The minimum atomic E-state index is 0.577. The summed E-state index contributed by atoms with van der Waals surface area (Å²) < 4.78 is 13.1. The van der Waals surface area contributed by atoms with Crippen LogP contribution in [0.4, 0.5) is 5.82 Å². The van der Waals surface area contributed by atoms with Gasteiger partial charge in [0.15, 0.2) is 17.1 Å². The Morgan fingerprint density at radius 3 is 2.45 bits per heavy atom. The van der Waals surface area contributed by atoms with Gasteiger partial charge in [-0.1, -0.05) is 26.0 Å². The van der Waals surface area contributed by atoms with E-state index in [0.717, 1.165) is 39.6 Å². The Morgan fingerprint density at radius 2 is 1.68 bits per heavy atom. The van der Waals surface area contributed by atoms with Crippen molar-refractivity contribution in [2.24, 2.45) is 0 Å². The Balaban J connectivity index is 0.00000112. The molecule has 1 aliphatic rings. The second-order valence-electron chi connectivity index (χ2n) is 7.19. The number of benzene rings is 2. The number of anilines is 1. The topological polar surface area (TPSA) is 74.1 Å². The predicted molar refractivity (Wildman–Crippen MR) is 122 cm³/mol. The summed E-state index contributed by atoms with van der Waals surface area (Å²) in [4.78, 5) is 8.88. The van der Waals surface area contributed by atoms with Crippen molar-refractivity contribution in [2.45, 2.75) is 34.2 Å². The van der Waals surface area contributed by atoms with E-state index in [-0.39, 0.29) is 0 Å². The molecule has 0 radical (unpaired) electrons. The molecule has 5 rings (SSSR count). The molecule has 7 heteroatoms. The van der Waals surface area contributed by atoms with Crippen LogP contribution >= 0.6 is 0 Å². The molecule has 0 aliphatic carbocycles. The zero-order valence-electron chi connectivity index (χ0n) is 18.3. The van der Waals surface area contributed by atoms with Gasteiger partial charge in [0, 0.05) is 6.54 Å². The van der Waals surface area contributed by atoms with Gasteiger partial charge in [0.25, 0.3) is 0 Å². The second kappa shape index (κ2) is 9.04. The van der Waals surface area contributed by atoms with Crippen LogP contribution in [-0.4, -0.2) is 33.0 Å². The third-order valence-electron chi connectivity index (χ3n) is 4.88. The van der Waals surface area contributed by atoms with Crippen molar-refractivity contribution < 1.29 is 9.47 Å². The van der Waals surface area contributed by atoms with Gasteiger partial charge in [-0.05, 0) is 54.8 Å². The van der Waals surface area contributed by atoms with Gasteiger partial charge in [-0.2, -0.15) is 5.10 Å². The minimum Gasteiger partial charge on any atom is -0.486 e. The Kier molecular flexibility index (Phi) is 6.02. The number of aryl methyl sites for hydroxylation is 2.